The lowest BCUT2D eigenvalue weighted by atomic mass is 10.1. The number of carbonyl (C=O) groups excluding carboxylic acids is 1. The molecule has 28 heavy (non-hydrogen) atoms. The summed E-state index contributed by atoms with van der Waals surface area (Å²) in [7, 11) is -3.61. The fourth-order valence-electron chi connectivity index (χ4n) is 3.48. The Morgan fingerprint density at radius 1 is 0.929 bits per heavy atom. The minimum atomic E-state index is -3.61. The summed E-state index contributed by atoms with van der Waals surface area (Å²) in [5, 5.41) is 2.88. The largest absolute Gasteiger partial charge is 0.322 e. The van der Waals surface area contributed by atoms with E-state index in [4.69, 9.17) is 0 Å². The van der Waals surface area contributed by atoms with Gasteiger partial charge in [0.1, 0.15) is 0 Å². The predicted octanol–water partition coefficient (Wildman–Crippen LogP) is 3.81. The van der Waals surface area contributed by atoms with Gasteiger partial charge in [-0.15, -0.1) is 0 Å². The molecule has 2 N–H and O–H groups in total. The molecule has 1 amide bonds. The SMILES string of the molecule is CCNS(=O)(=O)c1cccc(C(=O)Nc2ccc3c(c2)-c2ccccc2C3)c1. The molecule has 4 rings (SSSR count). The molecule has 5 nitrogen and oxygen atoms in total. The van der Waals surface area contributed by atoms with Crippen LogP contribution in [0.5, 0.6) is 0 Å². The van der Waals surface area contributed by atoms with Gasteiger partial charge in [-0.25, -0.2) is 13.1 Å². The van der Waals surface area contributed by atoms with Crippen LogP contribution in [0.4, 0.5) is 5.69 Å². The van der Waals surface area contributed by atoms with Crippen molar-refractivity contribution in [2.45, 2.75) is 18.2 Å². The van der Waals surface area contributed by atoms with Crippen molar-refractivity contribution in [3.8, 4) is 11.1 Å². The quantitative estimate of drug-likeness (QED) is 0.542. The van der Waals surface area contributed by atoms with Gasteiger partial charge in [0.2, 0.25) is 10.0 Å². The van der Waals surface area contributed by atoms with E-state index in [-0.39, 0.29) is 17.3 Å². The van der Waals surface area contributed by atoms with Crippen molar-refractivity contribution < 1.29 is 13.2 Å². The van der Waals surface area contributed by atoms with Crippen molar-refractivity contribution in [3.05, 3.63) is 83.4 Å². The van der Waals surface area contributed by atoms with Crippen LogP contribution in [0, 0.1) is 0 Å². The predicted molar refractivity (Wildman–Crippen MR) is 110 cm³/mol. The van der Waals surface area contributed by atoms with E-state index in [1.54, 1.807) is 19.1 Å². The van der Waals surface area contributed by atoms with E-state index < -0.39 is 10.0 Å². The number of benzene rings is 3. The second-order valence-corrected chi connectivity index (χ2v) is 8.46. The maximum Gasteiger partial charge on any atom is 0.255 e. The maximum atomic E-state index is 12.7. The topological polar surface area (TPSA) is 75.3 Å². The first-order valence-corrected chi connectivity index (χ1v) is 10.6. The second-order valence-electron chi connectivity index (χ2n) is 6.69. The summed E-state index contributed by atoms with van der Waals surface area (Å²) in [5.41, 5.74) is 5.80. The van der Waals surface area contributed by atoms with Gasteiger partial charge in [-0.05, 0) is 59.0 Å². The van der Waals surface area contributed by atoms with Gasteiger partial charge in [0.15, 0.2) is 0 Å². The molecule has 6 heteroatoms. The molecular formula is C22H20N2O3S. The molecule has 3 aromatic carbocycles. The maximum absolute atomic E-state index is 12.7. The van der Waals surface area contributed by atoms with E-state index in [9.17, 15) is 13.2 Å². The van der Waals surface area contributed by atoms with E-state index in [2.05, 4.69) is 22.2 Å². The highest BCUT2D eigenvalue weighted by atomic mass is 32.2. The molecule has 0 atom stereocenters. The summed E-state index contributed by atoms with van der Waals surface area (Å²) in [6.07, 6.45) is 0.893. The Bertz CT molecular complexity index is 1170. The Morgan fingerprint density at radius 3 is 2.54 bits per heavy atom. The normalized spacial score (nSPS) is 12.3. The first-order valence-electron chi connectivity index (χ1n) is 9.10. The van der Waals surface area contributed by atoms with E-state index in [1.807, 2.05) is 30.3 Å². The van der Waals surface area contributed by atoms with Crippen molar-refractivity contribution >= 4 is 21.6 Å². The Balaban J connectivity index is 1.59. The van der Waals surface area contributed by atoms with Crippen LogP contribution in [-0.4, -0.2) is 20.9 Å². The number of nitrogens with one attached hydrogen (secondary N) is 2. The lowest BCUT2D eigenvalue weighted by Crippen LogP contribution is -2.23. The number of hydrogen-bond donors (Lipinski definition) is 2. The molecule has 3 aromatic rings. The molecule has 0 saturated heterocycles. The Kier molecular flexibility index (Phi) is 4.75. The van der Waals surface area contributed by atoms with Crippen molar-refractivity contribution in [2.75, 3.05) is 11.9 Å². The summed E-state index contributed by atoms with van der Waals surface area (Å²) in [6.45, 7) is 2.00. The third-order valence-corrected chi connectivity index (χ3v) is 6.34. The highest BCUT2D eigenvalue weighted by molar-refractivity contribution is 7.89. The van der Waals surface area contributed by atoms with E-state index >= 15 is 0 Å². The van der Waals surface area contributed by atoms with Gasteiger partial charge in [0.25, 0.3) is 5.91 Å². The van der Waals surface area contributed by atoms with Crippen LogP contribution in [0.25, 0.3) is 11.1 Å². The van der Waals surface area contributed by atoms with Gasteiger partial charge in [0.05, 0.1) is 4.90 Å². The third-order valence-electron chi connectivity index (χ3n) is 4.80. The minimum absolute atomic E-state index is 0.0740. The molecule has 0 radical (unpaired) electrons. The van der Waals surface area contributed by atoms with Crippen molar-refractivity contribution in [1.29, 1.82) is 0 Å². The van der Waals surface area contributed by atoms with Gasteiger partial charge in [0, 0.05) is 17.8 Å². The molecule has 0 heterocycles. The zero-order valence-electron chi connectivity index (χ0n) is 15.4. The molecule has 0 fully saturated rings. The summed E-state index contributed by atoms with van der Waals surface area (Å²) in [4.78, 5) is 12.7. The molecule has 1 aliphatic rings. The molecule has 0 saturated carbocycles. The third kappa shape index (κ3) is 3.44. The van der Waals surface area contributed by atoms with Crippen LogP contribution in [0.2, 0.25) is 0 Å². The fraction of sp³-hybridized carbons (Fsp3) is 0.136. The molecule has 0 unspecified atom stereocenters. The zero-order chi connectivity index (χ0) is 19.7. The van der Waals surface area contributed by atoms with Crippen molar-refractivity contribution in [2.24, 2.45) is 0 Å². The fourth-order valence-corrected chi connectivity index (χ4v) is 4.57. The van der Waals surface area contributed by atoms with Crippen LogP contribution < -0.4 is 10.0 Å². The average Bonchev–Trinajstić information content (AvgIpc) is 3.06. The number of amides is 1. The number of carbonyl (C=O) groups is 1. The summed E-state index contributed by atoms with van der Waals surface area (Å²) in [6, 6.07) is 20.1. The van der Waals surface area contributed by atoms with Crippen LogP contribution in [0.3, 0.4) is 0 Å². The summed E-state index contributed by atoms with van der Waals surface area (Å²) in [5.74, 6) is -0.347. The van der Waals surface area contributed by atoms with Crippen molar-refractivity contribution in [1.82, 2.24) is 4.72 Å². The highest BCUT2D eigenvalue weighted by Gasteiger charge is 2.19. The number of hydrogen-bond acceptors (Lipinski definition) is 3. The average molecular weight is 392 g/mol. The Hall–Kier alpha value is -2.96. The summed E-state index contributed by atoms with van der Waals surface area (Å²) >= 11 is 0. The van der Waals surface area contributed by atoms with E-state index in [0.717, 1.165) is 12.0 Å². The molecule has 0 spiro atoms. The number of fused-ring (bicyclic) bond motifs is 3. The van der Waals surface area contributed by atoms with Gasteiger partial charge in [-0.3, -0.25) is 4.79 Å². The molecule has 0 aromatic heterocycles. The van der Waals surface area contributed by atoms with Crippen molar-refractivity contribution in [3.63, 3.8) is 0 Å². The first-order chi connectivity index (χ1) is 13.5. The lowest BCUT2D eigenvalue weighted by Gasteiger charge is -2.10. The standard InChI is InChI=1S/C22H20N2O3S/c1-2-23-28(26,27)19-8-5-7-17(13-19)22(25)24-18-11-10-16-12-15-6-3-4-9-20(15)21(16)14-18/h3-11,13-14,23H,2,12H2,1H3,(H,24,25). The smallest absolute Gasteiger partial charge is 0.255 e. The molecule has 1 aliphatic carbocycles. The van der Waals surface area contributed by atoms with Crippen LogP contribution >= 0.6 is 0 Å². The second kappa shape index (κ2) is 7.22. The van der Waals surface area contributed by atoms with Gasteiger partial charge in [-0.2, -0.15) is 0 Å². The zero-order valence-corrected chi connectivity index (χ0v) is 16.2. The Morgan fingerprint density at radius 2 is 1.71 bits per heavy atom. The van der Waals surface area contributed by atoms with Gasteiger partial charge in [-0.1, -0.05) is 43.3 Å². The molecule has 0 bridgehead atoms. The van der Waals surface area contributed by atoms with Crippen LogP contribution in [0.1, 0.15) is 28.4 Å². The van der Waals surface area contributed by atoms with Gasteiger partial charge < -0.3 is 5.32 Å². The molecule has 142 valence electrons. The number of sulfonamides is 1. The molecular weight excluding hydrogens is 372 g/mol. The number of anilines is 1. The Labute approximate surface area is 164 Å². The number of rotatable bonds is 5. The first kappa shape index (κ1) is 18.4. The molecule has 0 aliphatic heterocycles. The lowest BCUT2D eigenvalue weighted by molar-refractivity contribution is 0.102. The van der Waals surface area contributed by atoms with Crippen LogP contribution in [-0.2, 0) is 16.4 Å². The summed E-state index contributed by atoms with van der Waals surface area (Å²) < 4.78 is 26.8. The monoisotopic (exact) mass is 392 g/mol. The van der Waals surface area contributed by atoms with Crippen LogP contribution in [0.15, 0.2) is 71.6 Å². The van der Waals surface area contributed by atoms with E-state index in [0.29, 0.717) is 11.3 Å². The minimum Gasteiger partial charge on any atom is -0.322 e. The van der Waals surface area contributed by atoms with Gasteiger partial charge >= 0.3 is 0 Å². The highest BCUT2D eigenvalue weighted by Crippen LogP contribution is 2.37. The van der Waals surface area contributed by atoms with E-state index in [1.165, 1.54) is 28.8 Å².